The number of allylic oxidation sites excluding steroid dienone is 1. The molecule has 3 aromatic rings. The number of carbonyl (C=O) groups excluding carboxylic acids is 1. The SMILES string of the molecule is C=CCn1c(SCC(=O)c2ccc(CCC)cc2)nnc1-c1ccccc1OC. The zero-order valence-electron chi connectivity index (χ0n) is 16.8. The van der Waals surface area contributed by atoms with Gasteiger partial charge in [-0.1, -0.05) is 67.6 Å². The van der Waals surface area contributed by atoms with Crippen LogP contribution in [0.1, 0.15) is 29.3 Å². The van der Waals surface area contributed by atoms with Gasteiger partial charge in [-0.25, -0.2) is 0 Å². The molecule has 0 spiro atoms. The first kappa shape index (κ1) is 20.9. The molecule has 0 aliphatic rings. The van der Waals surface area contributed by atoms with E-state index < -0.39 is 0 Å². The monoisotopic (exact) mass is 407 g/mol. The molecule has 0 unspecified atom stereocenters. The second-order valence-corrected chi connectivity index (χ2v) is 7.51. The van der Waals surface area contributed by atoms with Crippen LogP contribution in [0, 0.1) is 0 Å². The smallest absolute Gasteiger partial charge is 0.192 e. The van der Waals surface area contributed by atoms with E-state index in [1.807, 2.05) is 53.1 Å². The molecule has 0 atom stereocenters. The summed E-state index contributed by atoms with van der Waals surface area (Å²) in [5.74, 6) is 1.80. The minimum Gasteiger partial charge on any atom is -0.496 e. The van der Waals surface area contributed by atoms with E-state index >= 15 is 0 Å². The van der Waals surface area contributed by atoms with Crippen LogP contribution < -0.4 is 4.74 Å². The second-order valence-electron chi connectivity index (χ2n) is 6.56. The van der Waals surface area contributed by atoms with Crippen LogP contribution in [0.15, 0.2) is 66.3 Å². The van der Waals surface area contributed by atoms with Crippen molar-refractivity contribution in [1.29, 1.82) is 0 Å². The molecule has 1 aromatic heterocycles. The standard InChI is InChI=1S/C23H25N3O2S/c1-4-8-17-11-13-18(14-12-17)20(27)16-29-23-25-24-22(26(23)15-5-2)19-9-6-7-10-21(19)28-3/h5-7,9-14H,2,4,8,15-16H2,1,3H3. The van der Waals surface area contributed by atoms with Crippen LogP contribution in [0.4, 0.5) is 0 Å². The molecule has 0 saturated carbocycles. The van der Waals surface area contributed by atoms with Gasteiger partial charge in [0.05, 0.1) is 18.4 Å². The summed E-state index contributed by atoms with van der Waals surface area (Å²) < 4.78 is 7.41. The number of aromatic nitrogens is 3. The predicted octanol–water partition coefficient (Wildman–Crippen LogP) is 5.07. The highest BCUT2D eigenvalue weighted by molar-refractivity contribution is 7.99. The van der Waals surface area contributed by atoms with Crippen molar-refractivity contribution < 1.29 is 9.53 Å². The van der Waals surface area contributed by atoms with Crippen LogP contribution in [0.25, 0.3) is 11.4 Å². The largest absolute Gasteiger partial charge is 0.496 e. The lowest BCUT2D eigenvalue weighted by molar-refractivity contribution is 0.102. The first-order chi connectivity index (χ1) is 14.2. The zero-order valence-corrected chi connectivity index (χ0v) is 17.6. The van der Waals surface area contributed by atoms with Crippen molar-refractivity contribution >= 4 is 17.5 Å². The number of ether oxygens (including phenoxy) is 1. The maximum absolute atomic E-state index is 12.6. The summed E-state index contributed by atoms with van der Waals surface area (Å²) in [6, 6.07) is 15.6. The van der Waals surface area contributed by atoms with Gasteiger partial charge in [0.1, 0.15) is 5.75 Å². The number of para-hydroxylation sites is 1. The maximum atomic E-state index is 12.6. The fourth-order valence-corrected chi connectivity index (χ4v) is 3.92. The topological polar surface area (TPSA) is 57.0 Å². The van der Waals surface area contributed by atoms with Gasteiger partial charge < -0.3 is 4.74 Å². The summed E-state index contributed by atoms with van der Waals surface area (Å²) in [6.07, 6.45) is 3.91. The fourth-order valence-electron chi connectivity index (χ4n) is 3.08. The third-order valence-corrected chi connectivity index (χ3v) is 5.49. The molecule has 0 saturated heterocycles. The molecule has 0 aliphatic carbocycles. The van der Waals surface area contributed by atoms with E-state index in [0.717, 1.165) is 29.7 Å². The molecule has 0 fully saturated rings. The van der Waals surface area contributed by atoms with Crippen LogP contribution in [-0.2, 0) is 13.0 Å². The van der Waals surface area contributed by atoms with Gasteiger partial charge in [0.2, 0.25) is 0 Å². The summed E-state index contributed by atoms with van der Waals surface area (Å²) >= 11 is 1.38. The van der Waals surface area contributed by atoms with Crippen molar-refractivity contribution in [1.82, 2.24) is 14.8 Å². The van der Waals surface area contributed by atoms with E-state index in [1.54, 1.807) is 13.2 Å². The highest BCUT2D eigenvalue weighted by Gasteiger charge is 2.18. The van der Waals surface area contributed by atoms with Gasteiger partial charge in [0.25, 0.3) is 0 Å². The highest BCUT2D eigenvalue weighted by atomic mass is 32.2. The van der Waals surface area contributed by atoms with Gasteiger partial charge in [-0.05, 0) is 24.1 Å². The van der Waals surface area contributed by atoms with Gasteiger partial charge >= 0.3 is 0 Å². The van der Waals surface area contributed by atoms with Gasteiger partial charge in [-0.2, -0.15) is 0 Å². The Morgan fingerprint density at radius 1 is 1.17 bits per heavy atom. The van der Waals surface area contributed by atoms with Crippen LogP contribution in [-0.4, -0.2) is 33.4 Å². The molecule has 29 heavy (non-hydrogen) atoms. The number of ketones is 1. The molecule has 3 rings (SSSR count). The van der Waals surface area contributed by atoms with E-state index in [9.17, 15) is 4.79 Å². The van der Waals surface area contributed by atoms with E-state index in [-0.39, 0.29) is 5.78 Å². The summed E-state index contributed by atoms with van der Waals surface area (Å²) in [6.45, 7) is 6.53. The van der Waals surface area contributed by atoms with E-state index in [4.69, 9.17) is 4.74 Å². The normalized spacial score (nSPS) is 10.7. The molecule has 0 amide bonds. The summed E-state index contributed by atoms with van der Waals surface area (Å²) in [4.78, 5) is 12.6. The van der Waals surface area contributed by atoms with E-state index in [0.29, 0.717) is 23.3 Å². The third kappa shape index (κ3) is 4.95. The predicted molar refractivity (Wildman–Crippen MR) is 118 cm³/mol. The number of rotatable bonds is 10. The zero-order chi connectivity index (χ0) is 20.6. The summed E-state index contributed by atoms with van der Waals surface area (Å²) in [5, 5.41) is 9.34. The number of methoxy groups -OCH3 is 1. The minimum atomic E-state index is 0.0741. The Bertz CT molecular complexity index is 980. The first-order valence-corrected chi connectivity index (χ1v) is 10.6. The van der Waals surface area contributed by atoms with E-state index in [1.165, 1.54) is 17.3 Å². The lowest BCUT2D eigenvalue weighted by atomic mass is 10.1. The Morgan fingerprint density at radius 3 is 2.62 bits per heavy atom. The van der Waals surface area contributed by atoms with Crippen molar-refractivity contribution in [2.45, 2.75) is 31.5 Å². The Morgan fingerprint density at radius 2 is 1.93 bits per heavy atom. The van der Waals surface area contributed by atoms with Gasteiger partial charge in [-0.15, -0.1) is 16.8 Å². The Labute approximate surface area is 175 Å². The van der Waals surface area contributed by atoms with Crippen molar-refractivity contribution in [3.05, 3.63) is 72.3 Å². The fraction of sp³-hybridized carbons (Fsp3) is 0.261. The Kier molecular flexibility index (Phi) is 7.25. The Balaban J connectivity index is 1.78. The van der Waals surface area contributed by atoms with Crippen molar-refractivity contribution in [3.8, 4) is 17.1 Å². The van der Waals surface area contributed by atoms with E-state index in [2.05, 4.69) is 23.7 Å². The quantitative estimate of drug-likeness (QED) is 0.267. The third-order valence-electron chi connectivity index (χ3n) is 4.52. The van der Waals surface area contributed by atoms with Crippen LogP contribution in [0.3, 0.4) is 0 Å². The number of Topliss-reactive ketones (excluding diaryl/α,β-unsaturated/α-hetero) is 1. The number of carbonyl (C=O) groups is 1. The first-order valence-electron chi connectivity index (χ1n) is 9.60. The molecular weight excluding hydrogens is 382 g/mol. The van der Waals surface area contributed by atoms with Crippen molar-refractivity contribution in [3.63, 3.8) is 0 Å². The van der Waals surface area contributed by atoms with Crippen molar-refractivity contribution in [2.75, 3.05) is 12.9 Å². The molecule has 0 N–H and O–H groups in total. The second kappa shape index (κ2) is 10.1. The van der Waals surface area contributed by atoms with Gasteiger partial charge in [-0.3, -0.25) is 9.36 Å². The van der Waals surface area contributed by atoms with Crippen LogP contribution in [0.2, 0.25) is 0 Å². The number of nitrogens with zero attached hydrogens (tertiary/aromatic N) is 3. The lowest BCUT2D eigenvalue weighted by Gasteiger charge is -2.10. The number of aryl methyl sites for hydroxylation is 1. The minimum absolute atomic E-state index is 0.0741. The number of hydrogen-bond acceptors (Lipinski definition) is 5. The molecule has 5 nitrogen and oxygen atoms in total. The average Bonchev–Trinajstić information content (AvgIpc) is 3.15. The number of benzene rings is 2. The van der Waals surface area contributed by atoms with Gasteiger partial charge in [0, 0.05) is 12.1 Å². The number of thioether (sulfide) groups is 1. The Hall–Kier alpha value is -2.86. The lowest BCUT2D eigenvalue weighted by Crippen LogP contribution is -2.06. The average molecular weight is 408 g/mol. The molecule has 0 radical (unpaired) electrons. The van der Waals surface area contributed by atoms with Crippen molar-refractivity contribution in [2.24, 2.45) is 0 Å². The summed E-state index contributed by atoms with van der Waals surface area (Å²) in [5.41, 5.74) is 2.83. The maximum Gasteiger partial charge on any atom is 0.192 e. The molecule has 6 heteroatoms. The molecule has 0 aliphatic heterocycles. The molecular formula is C23H25N3O2S. The van der Waals surface area contributed by atoms with Crippen LogP contribution in [0.5, 0.6) is 5.75 Å². The highest BCUT2D eigenvalue weighted by Crippen LogP contribution is 2.31. The summed E-state index contributed by atoms with van der Waals surface area (Å²) in [7, 11) is 1.63. The molecule has 1 heterocycles. The molecule has 2 aromatic carbocycles. The van der Waals surface area contributed by atoms with Crippen LogP contribution >= 0.6 is 11.8 Å². The van der Waals surface area contributed by atoms with Gasteiger partial charge in [0.15, 0.2) is 16.8 Å². The molecule has 150 valence electrons. The number of hydrogen-bond donors (Lipinski definition) is 0. The molecule has 0 bridgehead atoms.